The zero-order valence-corrected chi connectivity index (χ0v) is 12.3. The minimum Gasteiger partial charge on any atom is -0.508 e. The van der Waals surface area contributed by atoms with Gasteiger partial charge in [0.05, 0.1) is 0 Å². The van der Waals surface area contributed by atoms with Gasteiger partial charge in [0.1, 0.15) is 17.6 Å². The Morgan fingerprint density at radius 1 is 1.15 bits per heavy atom. The summed E-state index contributed by atoms with van der Waals surface area (Å²) in [6.07, 6.45) is 0.694. The Labute approximate surface area is 125 Å². The molecule has 2 rings (SSSR count). The molecule has 0 amide bonds. The topological polar surface area (TPSA) is 55.5 Å². The third-order valence-corrected chi connectivity index (χ3v) is 3.03. The van der Waals surface area contributed by atoms with Crippen molar-refractivity contribution in [3.63, 3.8) is 0 Å². The van der Waals surface area contributed by atoms with E-state index < -0.39 is 0 Å². The molecule has 3 N–H and O–H groups in total. The average molecular weight is 294 g/mol. The maximum Gasteiger partial charge on any atom is 0.125 e. The number of hydrogen-bond donors (Lipinski definition) is 2. The highest BCUT2D eigenvalue weighted by Gasteiger charge is 2.13. The monoisotopic (exact) mass is 293 g/mol. The number of halogens is 1. The van der Waals surface area contributed by atoms with E-state index in [2.05, 4.69) is 0 Å². The van der Waals surface area contributed by atoms with Gasteiger partial charge in [-0.05, 0) is 42.8 Å². The van der Waals surface area contributed by atoms with Crippen LogP contribution >= 0.6 is 12.4 Å². The maximum atomic E-state index is 9.42. The Morgan fingerprint density at radius 2 is 1.85 bits per heavy atom. The zero-order chi connectivity index (χ0) is 13.7. The Balaban J connectivity index is 0.00000200. The lowest BCUT2D eigenvalue weighted by Gasteiger charge is -2.20. The van der Waals surface area contributed by atoms with Gasteiger partial charge in [0.25, 0.3) is 0 Å². The zero-order valence-electron chi connectivity index (χ0n) is 11.5. The van der Waals surface area contributed by atoms with Crippen LogP contribution in [0.5, 0.6) is 11.5 Å². The van der Waals surface area contributed by atoms with Crippen molar-refractivity contribution in [1.82, 2.24) is 0 Å². The fourth-order valence-corrected chi connectivity index (χ4v) is 2.03. The first-order chi connectivity index (χ1) is 9.20. The van der Waals surface area contributed by atoms with E-state index in [1.807, 2.05) is 37.3 Å². The van der Waals surface area contributed by atoms with Gasteiger partial charge >= 0.3 is 0 Å². The van der Waals surface area contributed by atoms with Gasteiger partial charge < -0.3 is 15.6 Å². The fraction of sp³-hybridized carbons (Fsp3) is 0.250. The smallest absolute Gasteiger partial charge is 0.125 e. The quantitative estimate of drug-likeness (QED) is 0.886. The van der Waals surface area contributed by atoms with Crippen molar-refractivity contribution in [3.05, 3.63) is 59.7 Å². The molecule has 4 heteroatoms. The van der Waals surface area contributed by atoms with Crippen LogP contribution in [0.3, 0.4) is 0 Å². The molecule has 0 saturated carbocycles. The van der Waals surface area contributed by atoms with Crippen molar-refractivity contribution in [2.24, 2.45) is 5.73 Å². The van der Waals surface area contributed by atoms with Gasteiger partial charge in [0.15, 0.2) is 0 Å². The highest BCUT2D eigenvalue weighted by molar-refractivity contribution is 5.85. The number of nitrogens with two attached hydrogens (primary N) is 1. The summed E-state index contributed by atoms with van der Waals surface area (Å²) < 4.78 is 6.04. The van der Waals surface area contributed by atoms with Crippen LogP contribution in [0.2, 0.25) is 0 Å². The summed E-state index contributed by atoms with van der Waals surface area (Å²) in [5, 5.41) is 9.42. The van der Waals surface area contributed by atoms with Crippen LogP contribution in [-0.4, -0.2) is 11.7 Å². The van der Waals surface area contributed by atoms with E-state index in [9.17, 15) is 5.11 Å². The first-order valence-corrected chi connectivity index (χ1v) is 6.42. The molecule has 1 atom stereocenters. The van der Waals surface area contributed by atoms with Crippen LogP contribution < -0.4 is 10.5 Å². The first-order valence-electron chi connectivity index (χ1n) is 6.42. The van der Waals surface area contributed by atoms with E-state index in [-0.39, 0.29) is 24.3 Å². The van der Waals surface area contributed by atoms with Gasteiger partial charge in [-0.2, -0.15) is 0 Å². The third-order valence-electron chi connectivity index (χ3n) is 3.03. The minimum atomic E-state index is -0.0607. The molecule has 0 spiro atoms. The van der Waals surface area contributed by atoms with E-state index in [1.54, 1.807) is 18.2 Å². The van der Waals surface area contributed by atoms with Crippen LogP contribution in [0.15, 0.2) is 48.5 Å². The molecule has 0 aliphatic heterocycles. The molecule has 0 saturated heterocycles. The van der Waals surface area contributed by atoms with E-state index in [0.29, 0.717) is 6.54 Å². The molecule has 0 aromatic heterocycles. The molecule has 0 aliphatic rings. The predicted octanol–water partition coefficient (Wildman–Crippen LogP) is 3.59. The molecule has 108 valence electrons. The molecule has 0 unspecified atom stereocenters. The Hall–Kier alpha value is -1.71. The summed E-state index contributed by atoms with van der Waals surface area (Å²) in [7, 11) is 0. The van der Waals surface area contributed by atoms with Gasteiger partial charge in [-0.3, -0.25) is 0 Å². The molecule has 0 aliphatic carbocycles. The second-order valence-corrected chi connectivity index (χ2v) is 4.54. The van der Waals surface area contributed by atoms with Gasteiger partial charge in [0.2, 0.25) is 0 Å². The number of rotatable bonds is 5. The number of phenolic OH excluding ortho intramolecular Hbond substituents is 1. The van der Waals surface area contributed by atoms with Crippen LogP contribution in [-0.2, 0) is 0 Å². The average Bonchev–Trinajstić information content (AvgIpc) is 2.42. The summed E-state index contributed by atoms with van der Waals surface area (Å²) in [5.41, 5.74) is 7.69. The number of hydrogen-bond acceptors (Lipinski definition) is 3. The van der Waals surface area contributed by atoms with Crippen LogP contribution in [0, 0.1) is 6.92 Å². The van der Waals surface area contributed by atoms with Crippen LogP contribution in [0.1, 0.15) is 23.7 Å². The van der Waals surface area contributed by atoms with Crippen molar-refractivity contribution < 1.29 is 9.84 Å². The van der Waals surface area contributed by atoms with Crippen molar-refractivity contribution in [3.8, 4) is 11.5 Å². The SMILES string of the molecule is Cc1cc(O)ccc1O[C@H](CCN)c1ccccc1.Cl. The lowest BCUT2D eigenvalue weighted by atomic mass is 10.1. The molecule has 0 heterocycles. The van der Waals surface area contributed by atoms with Crippen LogP contribution in [0.25, 0.3) is 0 Å². The summed E-state index contributed by atoms with van der Waals surface area (Å²) >= 11 is 0. The van der Waals surface area contributed by atoms with Gasteiger partial charge in [-0.15, -0.1) is 12.4 Å². The number of aromatic hydroxyl groups is 1. The fourth-order valence-electron chi connectivity index (χ4n) is 2.03. The lowest BCUT2D eigenvalue weighted by Crippen LogP contribution is -2.13. The van der Waals surface area contributed by atoms with Gasteiger partial charge in [-0.25, -0.2) is 0 Å². The van der Waals surface area contributed by atoms with Gasteiger partial charge in [0, 0.05) is 6.42 Å². The molecule has 20 heavy (non-hydrogen) atoms. The molecule has 0 fully saturated rings. The molecule has 3 nitrogen and oxygen atoms in total. The van der Waals surface area contributed by atoms with Gasteiger partial charge in [-0.1, -0.05) is 30.3 Å². The van der Waals surface area contributed by atoms with Crippen molar-refractivity contribution in [2.45, 2.75) is 19.4 Å². The summed E-state index contributed by atoms with van der Waals surface area (Å²) in [6.45, 7) is 2.48. The predicted molar refractivity (Wildman–Crippen MR) is 83.6 cm³/mol. The standard InChI is InChI=1S/C16H19NO2.ClH/c1-12-11-14(18)7-8-15(12)19-16(9-10-17)13-5-3-2-4-6-13;/h2-8,11,16,18H,9-10,17H2,1H3;1H/t16-;/m1./s1. The number of ether oxygens (including phenoxy) is 1. The number of benzene rings is 2. The highest BCUT2D eigenvalue weighted by atomic mass is 35.5. The first kappa shape index (κ1) is 16.3. The van der Waals surface area contributed by atoms with E-state index in [4.69, 9.17) is 10.5 Å². The van der Waals surface area contributed by atoms with E-state index >= 15 is 0 Å². The van der Waals surface area contributed by atoms with E-state index in [1.165, 1.54) is 0 Å². The van der Waals surface area contributed by atoms with Crippen LogP contribution in [0.4, 0.5) is 0 Å². The lowest BCUT2D eigenvalue weighted by molar-refractivity contribution is 0.196. The summed E-state index contributed by atoms with van der Waals surface area (Å²) in [6, 6.07) is 15.2. The molecule has 2 aromatic rings. The minimum absolute atomic E-state index is 0. The van der Waals surface area contributed by atoms with Crippen molar-refractivity contribution >= 4 is 12.4 Å². The molecule has 0 radical (unpaired) electrons. The van der Waals surface area contributed by atoms with E-state index in [0.717, 1.165) is 23.3 Å². The second-order valence-electron chi connectivity index (χ2n) is 4.54. The third kappa shape index (κ3) is 4.15. The number of aryl methyl sites for hydroxylation is 1. The second kappa shape index (κ2) is 7.78. The normalized spacial score (nSPS) is 11.5. The Kier molecular flexibility index (Phi) is 6.36. The Bertz CT molecular complexity index is 531. The molecule has 2 aromatic carbocycles. The highest BCUT2D eigenvalue weighted by Crippen LogP contribution is 2.29. The van der Waals surface area contributed by atoms with Crippen molar-refractivity contribution in [2.75, 3.05) is 6.54 Å². The Morgan fingerprint density at radius 3 is 2.45 bits per heavy atom. The maximum absolute atomic E-state index is 9.42. The summed E-state index contributed by atoms with van der Waals surface area (Å²) in [5.74, 6) is 1.03. The summed E-state index contributed by atoms with van der Waals surface area (Å²) in [4.78, 5) is 0. The molecule has 0 bridgehead atoms. The number of phenols is 1. The van der Waals surface area contributed by atoms with Crippen molar-refractivity contribution in [1.29, 1.82) is 0 Å². The largest absolute Gasteiger partial charge is 0.508 e. The molecular formula is C16H20ClNO2. The molecular weight excluding hydrogens is 274 g/mol.